The minimum absolute atomic E-state index is 0.0425. The van der Waals surface area contributed by atoms with Gasteiger partial charge in [-0.1, -0.05) is 0 Å². The van der Waals surface area contributed by atoms with Gasteiger partial charge in [0.1, 0.15) is 6.54 Å². The summed E-state index contributed by atoms with van der Waals surface area (Å²) in [5.74, 6) is -0.222. The van der Waals surface area contributed by atoms with E-state index in [4.69, 9.17) is 5.73 Å². The van der Waals surface area contributed by atoms with Gasteiger partial charge < -0.3 is 15.6 Å². The summed E-state index contributed by atoms with van der Waals surface area (Å²) in [5.41, 5.74) is 6.35. The number of nitrogens with two attached hydrogens (primary N) is 1. The number of aromatic nitrogens is 1. The monoisotopic (exact) mass is 315 g/mol. The summed E-state index contributed by atoms with van der Waals surface area (Å²) in [6, 6.07) is 0. The normalized spacial score (nSPS) is 11.4. The maximum absolute atomic E-state index is 11.9. The van der Waals surface area contributed by atoms with Crippen molar-refractivity contribution in [2.45, 2.75) is 39.8 Å². The van der Waals surface area contributed by atoms with Crippen molar-refractivity contribution in [3.63, 3.8) is 0 Å². The number of nitrogen functional groups attached to an aromatic ring is 1. The molecule has 0 radical (unpaired) electrons. The van der Waals surface area contributed by atoms with Crippen molar-refractivity contribution in [2.75, 3.05) is 5.73 Å². The van der Waals surface area contributed by atoms with Gasteiger partial charge in [-0.25, -0.2) is 0 Å². The number of halogens is 1. The second-order valence-corrected chi connectivity index (χ2v) is 6.05. The Morgan fingerprint density at radius 1 is 1.50 bits per heavy atom. The predicted octanol–water partition coefficient (Wildman–Crippen LogP) is 1.42. The Bertz CT molecular complexity index is 529. The molecule has 18 heavy (non-hydrogen) atoms. The van der Waals surface area contributed by atoms with Gasteiger partial charge in [-0.2, -0.15) is 0 Å². The number of amides is 1. The van der Waals surface area contributed by atoms with E-state index in [1.54, 1.807) is 6.92 Å². The van der Waals surface area contributed by atoms with E-state index in [0.29, 0.717) is 15.7 Å². The minimum atomic E-state index is -0.325. The summed E-state index contributed by atoms with van der Waals surface area (Å²) in [4.78, 5) is 23.7. The molecule has 0 aliphatic rings. The van der Waals surface area contributed by atoms with E-state index in [9.17, 15) is 9.59 Å². The topological polar surface area (TPSA) is 77.1 Å². The molecule has 3 N–H and O–H groups in total. The van der Waals surface area contributed by atoms with E-state index >= 15 is 0 Å². The van der Waals surface area contributed by atoms with Crippen LogP contribution in [-0.2, 0) is 11.3 Å². The molecule has 1 heterocycles. The molecule has 1 aromatic heterocycles. The molecule has 0 aliphatic carbocycles. The summed E-state index contributed by atoms with van der Waals surface area (Å²) in [6.07, 6.45) is 1.49. The third-order valence-electron chi connectivity index (χ3n) is 2.33. The molecule has 5 nitrogen and oxygen atoms in total. The fourth-order valence-electron chi connectivity index (χ4n) is 1.47. The molecule has 0 aliphatic heterocycles. The van der Waals surface area contributed by atoms with E-state index in [2.05, 4.69) is 21.2 Å². The lowest BCUT2D eigenvalue weighted by molar-refractivity contribution is -0.123. The van der Waals surface area contributed by atoms with Crippen molar-refractivity contribution in [2.24, 2.45) is 0 Å². The van der Waals surface area contributed by atoms with Crippen molar-refractivity contribution in [3.8, 4) is 0 Å². The van der Waals surface area contributed by atoms with Gasteiger partial charge in [0.05, 0.1) is 10.2 Å². The van der Waals surface area contributed by atoms with Gasteiger partial charge in [-0.05, 0) is 49.2 Å². The number of pyridine rings is 1. The first-order chi connectivity index (χ1) is 8.11. The van der Waals surface area contributed by atoms with Crippen LogP contribution in [-0.4, -0.2) is 16.0 Å². The lowest BCUT2D eigenvalue weighted by atomic mass is 10.1. The molecule has 1 aromatic rings. The quantitative estimate of drug-likeness (QED) is 0.866. The first kappa shape index (κ1) is 14.8. The third kappa shape index (κ3) is 3.60. The number of nitrogens with one attached hydrogen (secondary N) is 1. The zero-order chi connectivity index (χ0) is 14.1. The second-order valence-electron chi connectivity index (χ2n) is 5.25. The first-order valence-corrected chi connectivity index (χ1v) is 6.37. The number of carbonyl (C=O) groups is 1. The number of hydrogen-bond donors (Lipinski definition) is 2. The van der Waals surface area contributed by atoms with E-state index in [-0.39, 0.29) is 23.6 Å². The average molecular weight is 316 g/mol. The van der Waals surface area contributed by atoms with Gasteiger partial charge in [0.2, 0.25) is 5.91 Å². The van der Waals surface area contributed by atoms with Gasteiger partial charge in [0, 0.05) is 11.7 Å². The molecule has 6 heteroatoms. The zero-order valence-electron chi connectivity index (χ0n) is 11.0. The number of anilines is 1. The molecule has 0 saturated heterocycles. The van der Waals surface area contributed by atoms with E-state index < -0.39 is 0 Å². The molecule has 0 fully saturated rings. The highest BCUT2D eigenvalue weighted by Crippen LogP contribution is 2.16. The van der Waals surface area contributed by atoms with Gasteiger partial charge in [0.15, 0.2) is 0 Å². The largest absolute Gasteiger partial charge is 0.397 e. The van der Waals surface area contributed by atoms with Crippen LogP contribution in [0, 0.1) is 6.92 Å². The van der Waals surface area contributed by atoms with Gasteiger partial charge in [-0.15, -0.1) is 0 Å². The Balaban J connectivity index is 3.00. The molecular weight excluding hydrogens is 298 g/mol. The SMILES string of the molecule is Cc1c(N)cn(CC(=O)NC(C)(C)C)c(=O)c1Br. The van der Waals surface area contributed by atoms with Gasteiger partial charge in [0.25, 0.3) is 5.56 Å². The Hall–Kier alpha value is -1.30. The Morgan fingerprint density at radius 2 is 2.06 bits per heavy atom. The van der Waals surface area contributed by atoms with Crippen LogP contribution >= 0.6 is 15.9 Å². The zero-order valence-corrected chi connectivity index (χ0v) is 12.6. The van der Waals surface area contributed by atoms with Crippen LogP contribution in [0.3, 0.4) is 0 Å². The van der Waals surface area contributed by atoms with E-state index in [1.165, 1.54) is 10.8 Å². The van der Waals surface area contributed by atoms with Crippen LogP contribution in [0.1, 0.15) is 26.3 Å². The smallest absolute Gasteiger partial charge is 0.265 e. The molecule has 0 saturated carbocycles. The Morgan fingerprint density at radius 3 is 2.56 bits per heavy atom. The number of carbonyl (C=O) groups excluding carboxylic acids is 1. The summed E-state index contributed by atoms with van der Waals surface area (Å²) < 4.78 is 1.69. The molecule has 100 valence electrons. The molecule has 1 amide bonds. The predicted molar refractivity (Wildman–Crippen MR) is 75.4 cm³/mol. The Labute approximate surface area is 114 Å². The fraction of sp³-hybridized carbons (Fsp3) is 0.500. The lowest BCUT2D eigenvalue weighted by Gasteiger charge is -2.21. The highest BCUT2D eigenvalue weighted by Gasteiger charge is 2.16. The molecule has 0 atom stereocenters. The number of hydrogen-bond acceptors (Lipinski definition) is 3. The molecular formula is C12H18BrN3O2. The van der Waals surface area contributed by atoms with E-state index in [0.717, 1.165) is 0 Å². The van der Waals surface area contributed by atoms with Gasteiger partial charge in [-0.3, -0.25) is 9.59 Å². The summed E-state index contributed by atoms with van der Waals surface area (Å²) in [7, 11) is 0. The van der Waals surface area contributed by atoms with Crippen molar-refractivity contribution < 1.29 is 4.79 Å². The summed E-state index contributed by atoms with van der Waals surface area (Å²) in [6.45, 7) is 7.35. The first-order valence-electron chi connectivity index (χ1n) is 5.58. The molecule has 0 unspecified atom stereocenters. The number of nitrogens with zero attached hydrogens (tertiary/aromatic N) is 1. The van der Waals surface area contributed by atoms with Crippen LogP contribution in [0.5, 0.6) is 0 Å². The fourth-order valence-corrected chi connectivity index (χ4v) is 1.92. The average Bonchev–Trinajstić information content (AvgIpc) is 2.20. The van der Waals surface area contributed by atoms with Gasteiger partial charge >= 0.3 is 0 Å². The molecule has 1 rings (SSSR count). The van der Waals surface area contributed by atoms with Crippen LogP contribution in [0.25, 0.3) is 0 Å². The lowest BCUT2D eigenvalue weighted by Crippen LogP contribution is -2.43. The minimum Gasteiger partial charge on any atom is -0.397 e. The van der Waals surface area contributed by atoms with Crippen LogP contribution in [0.15, 0.2) is 15.5 Å². The summed E-state index contributed by atoms with van der Waals surface area (Å²) >= 11 is 3.19. The van der Waals surface area contributed by atoms with Crippen molar-refractivity contribution in [3.05, 3.63) is 26.6 Å². The van der Waals surface area contributed by atoms with Crippen molar-refractivity contribution >= 4 is 27.5 Å². The van der Waals surface area contributed by atoms with Crippen LogP contribution in [0.2, 0.25) is 0 Å². The molecule has 0 spiro atoms. The molecule has 0 aromatic carbocycles. The standard InChI is InChI=1S/C12H18BrN3O2/c1-7-8(14)5-16(11(18)10(7)13)6-9(17)15-12(2,3)4/h5H,6,14H2,1-4H3,(H,15,17). The van der Waals surface area contributed by atoms with Crippen LogP contribution in [0.4, 0.5) is 5.69 Å². The Kier molecular flexibility index (Phi) is 4.21. The maximum atomic E-state index is 11.9. The van der Waals surface area contributed by atoms with Crippen molar-refractivity contribution in [1.82, 2.24) is 9.88 Å². The van der Waals surface area contributed by atoms with Crippen LogP contribution < -0.4 is 16.6 Å². The summed E-state index contributed by atoms with van der Waals surface area (Å²) in [5, 5.41) is 2.79. The highest BCUT2D eigenvalue weighted by atomic mass is 79.9. The molecule has 0 bridgehead atoms. The maximum Gasteiger partial charge on any atom is 0.265 e. The van der Waals surface area contributed by atoms with Crippen molar-refractivity contribution in [1.29, 1.82) is 0 Å². The number of rotatable bonds is 2. The second kappa shape index (κ2) is 5.14. The van der Waals surface area contributed by atoms with E-state index in [1.807, 2.05) is 20.8 Å². The highest BCUT2D eigenvalue weighted by molar-refractivity contribution is 9.10. The third-order valence-corrected chi connectivity index (χ3v) is 3.27.